The van der Waals surface area contributed by atoms with Crippen LogP contribution in [0.4, 0.5) is 0 Å². The van der Waals surface area contributed by atoms with Gasteiger partial charge in [-0.2, -0.15) is 0 Å². The maximum absolute atomic E-state index is 6.07. The number of hydrogen-bond acceptors (Lipinski definition) is 1. The molecule has 0 N–H and O–H groups in total. The smallest absolute Gasteiger partial charge is 0.0749 e. The molecule has 0 atom stereocenters. The summed E-state index contributed by atoms with van der Waals surface area (Å²) in [5.74, 6) is 0. The minimum absolute atomic E-state index is 0.655. The van der Waals surface area contributed by atoms with Crippen LogP contribution >= 0.6 is 23.2 Å². The van der Waals surface area contributed by atoms with E-state index in [-0.39, 0.29) is 0 Å². The zero-order valence-electron chi connectivity index (χ0n) is 7.72. The molecule has 1 aromatic heterocycles. The summed E-state index contributed by atoms with van der Waals surface area (Å²) in [5.41, 5.74) is 2.03. The first-order chi connectivity index (χ1) is 6.72. The van der Waals surface area contributed by atoms with Gasteiger partial charge in [0.1, 0.15) is 0 Å². The van der Waals surface area contributed by atoms with Crippen LogP contribution in [0.5, 0.6) is 0 Å². The molecule has 0 saturated heterocycles. The van der Waals surface area contributed by atoms with Crippen molar-refractivity contribution in [1.82, 2.24) is 4.98 Å². The Kier molecular flexibility index (Phi) is 2.62. The van der Waals surface area contributed by atoms with Crippen LogP contribution in [0.1, 0.15) is 12.5 Å². The van der Waals surface area contributed by atoms with Crippen LogP contribution in [0.25, 0.3) is 10.9 Å². The van der Waals surface area contributed by atoms with Crippen molar-refractivity contribution in [2.75, 3.05) is 0 Å². The van der Waals surface area contributed by atoms with E-state index in [1.54, 1.807) is 6.20 Å². The van der Waals surface area contributed by atoms with E-state index < -0.39 is 0 Å². The second-order valence-electron chi connectivity index (χ2n) is 3.10. The fourth-order valence-electron chi connectivity index (χ4n) is 1.55. The third kappa shape index (κ3) is 1.58. The van der Waals surface area contributed by atoms with Crippen molar-refractivity contribution >= 4 is 34.1 Å². The standard InChI is InChI=1S/C11H9Cl2N/c1-2-9-10(13)4-3-7-5-8(12)6-14-11(7)9/h3-6H,2H2,1H3. The molecule has 0 spiro atoms. The molecular weight excluding hydrogens is 217 g/mol. The summed E-state index contributed by atoms with van der Waals surface area (Å²) in [7, 11) is 0. The molecule has 0 fully saturated rings. The topological polar surface area (TPSA) is 12.9 Å². The number of benzene rings is 1. The van der Waals surface area contributed by atoms with Crippen molar-refractivity contribution in [3.05, 3.63) is 40.0 Å². The second kappa shape index (κ2) is 3.76. The first-order valence-electron chi connectivity index (χ1n) is 4.45. The number of hydrogen-bond donors (Lipinski definition) is 0. The molecule has 14 heavy (non-hydrogen) atoms. The largest absolute Gasteiger partial charge is 0.254 e. The first-order valence-corrected chi connectivity index (χ1v) is 5.20. The fourth-order valence-corrected chi connectivity index (χ4v) is 2.00. The highest BCUT2D eigenvalue weighted by atomic mass is 35.5. The van der Waals surface area contributed by atoms with Gasteiger partial charge in [0.25, 0.3) is 0 Å². The van der Waals surface area contributed by atoms with Gasteiger partial charge in [-0.25, -0.2) is 0 Å². The summed E-state index contributed by atoms with van der Waals surface area (Å²) in [4.78, 5) is 4.30. The Morgan fingerprint density at radius 1 is 1.29 bits per heavy atom. The van der Waals surface area contributed by atoms with Gasteiger partial charge in [0.15, 0.2) is 0 Å². The third-order valence-corrected chi connectivity index (χ3v) is 2.78. The minimum atomic E-state index is 0.655. The summed E-state index contributed by atoms with van der Waals surface area (Å²) in [6, 6.07) is 5.73. The lowest BCUT2D eigenvalue weighted by atomic mass is 10.1. The number of aryl methyl sites for hydroxylation is 1. The van der Waals surface area contributed by atoms with E-state index in [1.807, 2.05) is 18.2 Å². The molecular formula is C11H9Cl2N. The monoisotopic (exact) mass is 225 g/mol. The van der Waals surface area contributed by atoms with Gasteiger partial charge in [-0.3, -0.25) is 4.98 Å². The van der Waals surface area contributed by atoms with E-state index in [0.717, 1.165) is 27.9 Å². The maximum Gasteiger partial charge on any atom is 0.0749 e. The zero-order chi connectivity index (χ0) is 10.1. The van der Waals surface area contributed by atoms with Crippen LogP contribution in [0.3, 0.4) is 0 Å². The first kappa shape index (κ1) is 9.75. The molecule has 0 aliphatic heterocycles. The summed E-state index contributed by atoms with van der Waals surface area (Å²) >= 11 is 11.9. The maximum atomic E-state index is 6.07. The van der Waals surface area contributed by atoms with E-state index in [0.29, 0.717) is 5.02 Å². The lowest BCUT2D eigenvalue weighted by Crippen LogP contribution is -1.88. The normalized spacial score (nSPS) is 10.8. The minimum Gasteiger partial charge on any atom is -0.254 e. The summed E-state index contributed by atoms with van der Waals surface area (Å²) in [6.07, 6.45) is 2.53. The SMILES string of the molecule is CCc1c(Cl)ccc2cc(Cl)cnc12. The molecule has 0 radical (unpaired) electrons. The molecule has 2 aromatic rings. The lowest BCUT2D eigenvalue weighted by molar-refractivity contribution is 1.14. The fraction of sp³-hybridized carbons (Fsp3) is 0.182. The van der Waals surface area contributed by atoms with Crippen molar-refractivity contribution in [1.29, 1.82) is 0 Å². The Morgan fingerprint density at radius 3 is 2.79 bits per heavy atom. The molecule has 0 bridgehead atoms. The number of rotatable bonds is 1. The lowest BCUT2D eigenvalue weighted by Gasteiger charge is -2.05. The molecule has 3 heteroatoms. The van der Waals surface area contributed by atoms with Crippen molar-refractivity contribution in [2.45, 2.75) is 13.3 Å². The van der Waals surface area contributed by atoms with Crippen LogP contribution in [0.2, 0.25) is 10.0 Å². The Labute approximate surface area is 92.7 Å². The molecule has 0 amide bonds. The van der Waals surface area contributed by atoms with E-state index in [2.05, 4.69) is 11.9 Å². The molecule has 1 nitrogen and oxygen atoms in total. The van der Waals surface area contributed by atoms with Crippen molar-refractivity contribution in [2.24, 2.45) is 0 Å². The molecule has 2 rings (SSSR count). The summed E-state index contributed by atoms with van der Waals surface area (Å²) in [6.45, 7) is 2.07. The van der Waals surface area contributed by atoms with Crippen molar-refractivity contribution in [3.63, 3.8) is 0 Å². The van der Waals surface area contributed by atoms with Gasteiger partial charge >= 0.3 is 0 Å². The molecule has 0 unspecified atom stereocenters. The zero-order valence-corrected chi connectivity index (χ0v) is 9.23. The predicted octanol–water partition coefficient (Wildman–Crippen LogP) is 4.10. The number of fused-ring (bicyclic) bond motifs is 1. The van der Waals surface area contributed by atoms with Gasteiger partial charge in [0.2, 0.25) is 0 Å². The third-order valence-electron chi connectivity index (χ3n) is 2.22. The molecule has 1 aromatic carbocycles. The van der Waals surface area contributed by atoms with Crippen LogP contribution in [-0.2, 0) is 6.42 Å². The molecule has 72 valence electrons. The Bertz CT molecular complexity index is 480. The van der Waals surface area contributed by atoms with Crippen LogP contribution in [0.15, 0.2) is 24.4 Å². The predicted molar refractivity (Wildman–Crippen MR) is 61.1 cm³/mol. The molecule has 0 aliphatic carbocycles. The van der Waals surface area contributed by atoms with E-state index in [1.165, 1.54) is 0 Å². The highest BCUT2D eigenvalue weighted by Crippen LogP contribution is 2.26. The highest BCUT2D eigenvalue weighted by molar-refractivity contribution is 6.33. The number of nitrogens with zero attached hydrogens (tertiary/aromatic N) is 1. The van der Waals surface area contributed by atoms with Gasteiger partial charge in [0.05, 0.1) is 10.5 Å². The van der Waals surface area contributed by atoms with E-state index in [9.17, 15) is 0 Å². The van der Waals surface area contributed by atoms with Crippen LogP contribution in [0, 0.1) is 0 Å². The quantitative estimate of drug-likeness (QED) is 0.713. The van der Waals surface area contributed by atoms with Gasteiger partial charge in [0, 0.05) is 16.6 Å². The Balaban J connectivity index is 2.82. The average molecular weight is 226 g/mol. The number of pyridine rings is 1. The van der Waals surface area contributed by atoms with Crippen LogP contribution in [-0.4, -0.2) is 4.98 Å². The number of halogens is 2. The van der Waals surface area contributed by atoms with Gasteiger partial charge in [-0.15, -0.1) is 0 Å². The Hall–Kier alpha value is -0.790. The molecule has 0 aliphatic rings. The highest BCUT2D eigenvalue weighted by Gasteiger charge is 2.05. The van der Waals surface area contributed by atoms with Gasteiger partial charge < -0.3 is 0 Å². The summed E-state index contributed by atoms with van der Waals surface area (Å²) < 4.78 is 0. The summed E-state index contributed by atoms with van der Waals surface area (Å²) in [5, 5.41) is 2.47. The van der Waals surface area contributed by atoms with Crippen LogP contribution < -0.4 is 0 Å². The number of aromatic nitrogens is 1. The van der Waals surface area contributed by atoms with Gasteiger partial charge in [-0.1, -0.05) is 36.2 Å². The molecule has 1 heterocycles. The average Bonchev–Trinajstić information content (AvgIpc) is 2.18. The van der Waals surface area contributed by atoms with Gasteiger partial charge in [-0.05, 0) is 24.1 Å². The molecule has 0 saturated carbocycles. The second-order valence-corrected chi connectivity index (χ2v) is 3.95. The van der Waals surface area contributed by atoms with Crippen molar-refractivity contribution in [3.8, 4) is 0 Å². The van der Waals surface area contributed by atoms with E-state index in [4.69, 9.17) is 23.2 Å². The van der Waals surface area contributed by atoms with E-state index >= 15 is 0 Å². The Morgan fingerprint density at radius 2 is 2.07 bits per heavy atom. The van der Waals surface area contributed by atoms with Crippen molar-refractivity contribution < 1.29 is 0 Å².